The molecular formula is C32H45BF2N6O9S. The van der Waals surface area contributed by atoms with E-state index in [1.54, 1.807) is 32.1 Å². The van der Waals surface area contributed by atoms with Crippen molar-refractivity contribution in [1.29, 1.82) is 0 Å². The third-order valence-electron chi connectivity index (χ3n) is 8.81. The quantitative estimate of drug-likeness (QED) is 0.0777. The van der Waals surface area contributed by atoms with Gasteiger partial charge in [0, 0.05) is 68.5 Å². The van der Waals surface area contributed by atoms with Crippen molar-refractivity contribution in [1.82, 2.24) is 20.2 Å². The molecule has 0 aliphatic carbocycles. The van der Waals surface area contributed by atoms with Crippen molar-refractivity contribution in [3.63, 3.8) is 0 Å². The van der Waals surface area contributed by atoms with E-state index in [9.17, 15) is 36.9 Å². The third kappa shape index (κ3) is 9.97. The van der Waals surface area contributed by atoms with Gasteiger partial charge < -0.3 is 42.1 Å². The number of allylic oxidation sites excluding steroid dienone is 2. The molecule has 1 saturated heterocycles. The minimum absolute atomic E-state index is 0.0497. The Kier molecular flexibility index (Phi) is 12.1. The van der Waals surface area contributed by atoms with Crippen LogP contribution in [0.1, 0.15) is 75.2 Å². The molecule has 0 aromatic carbocycles. The zero-order chi connectivity index (χ0) is 37.9. The fraction of sp³-hybridized carbons (Fsp3) is 0.562. The summed E-state index contributed by atoms with van der Waals surface area (Å²) in [5.74, 6) is -5.10. The van der Waals surface area contributed by atoms with Crippen molar-refractivity contribution in [2.24, 2.45) is 0 Å². The zero-order valence-corrected chi connectivity index (χ0v) is 30.3. The summed E-state index contributed by atoms with van der Waals surface area (Å²) in [5.41, 5.74) is 2.81. The number of aromatic nitrogens is 1. The predicted molar refractivity (Wildman–Crippen MR) is 181 cm³/mol. The van der Waals surface area contributed by atoms with Crippen LogP contribution in [0.2, 0.25) is 0 Å². The molecule has 0 spiro atoms. The lowest BCUT2D eigenvalue weighted by Crippen LogP contribution is -2.51. The van der Waals surface area contributed by atoms with Crippen molar-refractivity contribution in [3.8, 4) is 0 Å². The average Bonchev–Trinajstić information content (AvgIpc) is 3.62. The molecule has 1 fully saturated rings. The highest BCUT2D eigenvalue weighted by Crippen LogP contribution is 2.37. The Morgan fingerprint density at radius 1 is 1.04 bits per heavy atom. The number of imide groups is 1. The van der Waals surface area contributed by atoms with Gasteiger partial charge in [-0.05, 0) is 50.4 Å². The maximum absolute atomic E-state index is 16.3. The number of quaternary nitrogens is 1. The average molecular weight is 739 g/mol. The number of hydrogen-bond acceptors (Lipinski definition) is 9. The fourth-order valence-corrected chi connectivity index (χ4v) is 7.06. The van der Waals surface area contributed by atoms with Crippen LogP contribution in [0.4, 0.5) is 8.63 Å². The molecule has 15 nitrogen and oxygen atoms in total. The van der Waals surface area contributed by atoms with Gasteiger partial charge in [0.25, 0.3) is 11.8 Å². The number of nitrogens with zero attached hydrogens (tertiary/aromatic N) is 4. The Morgan fingerprint density at radius 2 is 1.71 bits per heavy atom. The van der Waals surface area contributed by atoms with Crippen molar-refractivity contribution in [2.75, 3.05) is 40.0 Å². The molecule has 1 atom stereocenters. The molecule has 4 heterocycles. The number of amides is 4. The van der Waals surface area contributed by atoms with Gasteiger partial charge >= 0.3 is 12.9 Å². The first-order chi connectivity index (χ1) is 23.7. The predicted octanol–water partition coefficient (Wildman–Crippen LogP) is 1.13. The van der Waals surface area contributed by atoms with E-state index in [1.807, 2.05) is 0 Å². The van der Waals surface area contributed by atoms with Gasteiger partial charge in [0.1, 0.15) is 11.8 Å². The number of hydrogen-bond donors (Lipinski definition) is 2. The van der Waals surface area contributed by atoms with E-state index in [0.29, 0.717) is 34.1 Å². The van der Waals surface area contributed by atoms with Crippen LogP contribution >= 0.6 is 0 Å². The first-order valence-corrected chi connectivity index (χ1v) is 18.4. The minimum Gasteiger partial charge on any atom is -0.748 e. The Bertz CT molecular complexity index is 1800. The van der Waals surface area contributed by atoms with Gasteiger partial charge in [0.2, 0.25) is 11.8 Å². The van der Waals surface area contributed by atoms with Crippen LogP contribution in [0, 0.1) is 6.92 Å². The molecule has 0 bridgehead atoms. The second-order valence-corrected chi connectivity index (χ2v) is 15.6. The molecule has 2 N–H and O–H groups in total. The van der Waals surface area contributed by atoms with E-state index < -0.39 is 58.5 Å². The highest BCUT2D eigenvalue weighted by Gasteiger charge is 2.53. The molecule has 0 saturated carbocycles. The number of unbranched alkanes of at least 4 members (excludes halogenated alkanes) is 1. The van der Waals surface area contributed by atoms with Gasteiger partial charge in [-0.3, -0.25) is 19.2 Å². The maximum Gasteiger partial charge on any atom is 0.737 e. The summed E-state index contributed by atoms with van der Waals surface area (Å²) in [6.45, 7) is -0.167. The second kappa shape index (κ2) is 15.6. The molecule has 4 amide bonds. The minimum atomic E-state index is -4.97. The van der Waals surface area contributed by atoms with E-state index in [2.05, 4.69) is 31.8 Å². The SMILES string of the molecule is CC1=CC(CCC(=O)NC(CS(=O)(=O)[O-])C(=O)NCCCCC(=O)ON2C(=O)CCC2=O)=[N+]2C1=Cc1c(CCC[N+](C)(C)C)cc(C)n1[B-]2(F)F. The molecule has 1 unspecified atom stereocenters. The lowest BCUT2D eigenvalue weighted by molar-refractivity contribution is -0.870. The van der Waals surface area contributed by atoms with E-state index in [4.69, 9.17) is 4.84 Å². The molecule has 3 aliphatic rings. The van der Waals surface area contributed by atoms with Crippen LogP contribution in [-0.4, -0.2) is 120 Å². The zero-order valence-electron chi connectivity index (χ0n) is 29.5. The monoisotopic (exact) mass is 738 g/mol. The Morgan fingerprint density at radius 3 is 2.33 bits per heavy atom. The van der Waals surface area contributed by atoms with Crippen LogP contribution in [0.15, 0.2) is 23.4 Å². The van der Waals surface area contributed by atoms with Crippen molar-refractivity contribution in [3.05, 3.63) is 40.4 Å². The summed E-state index contributed by atoms with van der Waals surface area (Å²) in [6.07, 6.45) is 4.32. The summed E-state index contributed by atoms with van der Waals surface area (Å²) in [5, 5.41) is 5.06. The number of aryl methyl sites for hydroxylation is 2. The Balaban J connectivity index is 1.35. The third-order valence-corrected chi connectivity index (χ3v) is 9.56. The van der Waals surface area contributed by atoms with Crippen LogP contribution < -0.4 is 10.6 Å². The van der Waals surface area contributed by atoms with Crippen LogP contribution in [-0.2, 0) is 45.3 Å². The normalized spacial score (nSPS) is 17.5. The Hall–Kier alpha value is -4.23. The summed E-state index contributed by atoms with van der Waals surface area (Å²) in [6, 6.07) is 0.0386. The van der Waals surface area contributed by atoms with Crippen molar-refractivity contribution < 1.29 is 59.4 Å². The smallest absolute Gasteiger partial charge is 0.737 e. The Labute approximate surface area is 295 Å². The summed E-state index contributed by atoms with van der Waals surface area (Å²) in [4.78, 5) is 65.5. The number of nitrogens with one attached hydrogen (secondary N) is 2. The van der Waals surface area contributed by atoms with Gasteiger partial charge in [-0.1, -0.05) is 0 Å². The first kappa shape index (κ1) is 39.6. The maximum atomic E-state index is 16.3. The van der Waals surface area contributed by atoms with E-state index in [0.717, 1.165) is 32.0 Å². The number of halogens is 2. The summed E-state index contributed by atoms with van der Waals surface area (Å²) < 4.78 is 69.9. The largest absolute Gasteiger partial charge is 0.748 e. The second-order valence-electron chi connectivity index (χ2n) is 14.1. The van der Waals surface area contributed by atoms with E-state index in [-0.39, 0.29) is 57.2 Å². The molecule has 3 aliphatic heterocycles. The number of carbonyl (C=O) groups is 5. The lowest BCUT2D eigenvalue weighted by Gasteiger charge is -2.31. The number of rotatable bonds is 17. The van der Waals surface area contributed by atoms with E-state index in [1.165, 1.54) is 0 Å². The van der Waals surface area contributed by atoms with Gasteiger partial charge in [-0.15, -0.1) is 5.06 Å². The highest BCUT2D eigenvalue weighted by atomic mass is 32.2. The summed E-state index contributed by atoms with van der Waals surface area (Å²) in [7, 11) is 1.25. The lowest BCUT2D eigenvalue weighted by atomic mass is 9.89. The first-order valence-electron chi connectivity index (χ1n) is 16.8. The van der Waals surface area contributed by atoms with Crippen LogP contribution in [0.3, 0.4) is 0 Å². The van der Waals surface area contributed by atoms with E-state index >= 15 is 8.63 Å². The van der Waals surface area contributed by atoms with Gasteiger partial charge in [-0.2, -0.15) is 0 Å². The molecule has 280 valence electrons. The fourth-order valence-electron chi connectivity index (χ4n) is 6.41. The van der Waals surface area contributed by atoms with Crippen LogP contribution in [0.5, 0.6) is 0 Å². The molecule has 4 rings (SSSR count). The molecule has 0 radical (unpaired) electrons. The topological polar surface area (TPSA) is 187 Å². The molecule has 1 aromatic rings. The number of hydroxylamine groups is 2. The standard InChI is InChI=1S/C32H45BF2N6O9S/c1-21-17-24(39-26(21)19-27-23(9-8-16-41(3,4)5)18-22(2)38(27)33(39,34)35)11-12-28(42)37-25(20-51(47,48)49)32(46)36-15-7-6-10-31(45)50-40-29(43)13-14-30(40)44/h17-19,25H,6-16,20H2,1-5H3,(H2-,36,37,42,46,47,48,49). The molecule has 19 heteroatoms. The highest BCUT2D eigenvalue weighted by molar-refractivity contribution is 7.85. The van der Waals surface area contributed by atoms with Gasteiger partial charge in [0.15, 0.2) is 5.70 Å². The number of fused-ring (bicyclic) bond motifs is 2. The van der Waals surface area contributed by atoms with Gasteiger partial charge in [-0.25, -0.2) is 13.2 Å². The van der Waals surface area contributed by atoms with Crippen LogP contribution in [0.25, 0.3) is 6.08 Å². The molecule has 1 aromatic heterocycles. The van der Waals surface area contributed by atoms with Crippen molar-refractivity contribution in [2.45, 2.75) is 77.7 Å². The molecular weight excluding hydrogens is 693 g/mol. The number of carbonyl (C=O) groups excluding carboxylic acids is 5. The molecule has 51 heavy (non-hydrogen) atoms. The summed E-state index contributed by atoms with van der Waals surface area (Å²) >= 11 is 0. The van der Waals surface area contributed by atoms with Crippen molar-refractivity contribution >= 4 is 58.5 Å². The van der Waals surface area contributed by atoms with Gasteiger partial charge in [0.05, 0.1) is 43.6 Å².